The normalized spacial score (nSPS) is 14.3. The fraction of sp³-hybridized carbons (Fsp3) is 0.629. The Hall–Kier alpha value is -4.91. The Morgan fingerprint density at radius 1 is 0.810 bits per heavy atom. The molecule has 0 saturated carbocycles. The highest BCUT2D eigenvalue weighted by molar-refractivity contribution is 6.43. The lowest BCUT2D eigenvalue weighted by Gasteiger charge is -2.28. The first-order valence-electron chi connectivity index (χ1n) is 19.2. The summed E-state index contributed by atoms with van der Waals surface area (Å²) in [4.78, 5) is 90.2. The average molecular weight is 823 g/mol. The van der Waals surface area contributed by atoms with Gasteiger partial charge < -0.3 is 52.0 Å². The molecular formula is C35H59BN10O12. The molecule has 12 N–H and O–H groups in total. The number of nitrogens with one attached hydrogen (secondary N) is 5. The minimum atomic E-state index is -1.65. The first-order valence-corrected chi connectivity index (χ1v) is 19.2. The summed E-state index contributed by atoms with van der Waals surface area (Å²) in [6.07, 6.45) is 3.11. The Kier molecular flexibility index (Phi) is 22.8. The van der Waals surface area contributed by atoms with Crippen LogP contribution in [0.4, 0.5) is 5.69 Å². The number of hydrazine groups is 1. The molecule has 2 atom stereocenters. The largest absolute Gasteiger partial charge is 0.480 e. The van der Waals surface area contributed by atoms with Crippen molar-refractivity contribution in [1.29, 1.82) is 0 Å². The summed E-state index contributed by atoms with van der Waals surface area (Å²) >= 11 is 0. The lowest BCUT2D eigenvalue weighted by Crippen LogP contribution is -2.52. The molecule has 0 bridgehead atoms. The Labute approximate surface area is 337 Å². The molecule has 4 amide bonds. The summed E-state index contributed by atoms with van der Waals surface area (Å²) in [5, 5.41) is 54.6. The Morgan fingerprint density at radius 2 is 1.43 bits per heavy atom. The van der Waals surface area contributed by atoms with Crippen LogP contribution in [-0.2, 0) is 28.8 Å². The van der Waals surface area contributed by atoms with Crippen molar-refractivity contribution in [3.05, 3.63) is 29.8 Å². The van der Waals surface area contributed by atoms with Crippen LogP contribution in [0.15, 0.2) is 24.3 Å². The molecule has 2 rings (SSSR count). The van der Waals surface area contributed by atoms with Gasteiger partial charge in [-0.05, 0) is 56.9 Å². The number of amides is 4. The Morgan fingerprint density at radius 3 is 2.03 bits per heavy atom. The molecule has 0 aliphatic carbocycles. The van der Waals surface area contributed by atoms with E-state index in [1.807, 2.05) is 0 Å². The Balaban J connectivity index is 1.72. The summed E-state index contributed by atoms with van der Waals surface area (Å²) in [6.45, 7) is 2.88. The number of carbonyl (C=O) groups is 7. The van der Waals surface area contributed by atoms with Crippen molar-refractivity contribution in [1.82, 2.24) is 41.0 Å². The standard InChI is InChI=1S/C35H59BN10O12/c1-25(35(56)46-14-5-6-28(46)36(57)58)40-34(55)26-8-10-27(11-9-26)41-42-29(47)7-3-2-4-12-39-30(48)21-43(15-13-38-20-31(49)50)16-17-44(22-32(51)52)18-19-45(24-37)23-33(53)54/h8-11,25,28,38,41,57-58H,2-7,12-24,37H2,1H3,(H,39,48)(H,40,55)(H,42,47)(H,49,50)(H,51,52)(H,53,54)/t25-,28+/m1/s1. The fourth-order valence-electron chi connectivity index (χ4n) is 6.11. The van der Waals surface area contributed by atoms with E-state index in [-0.39, 0.29) is 89.4 Å². The summed E-state index contributed by atoms with van der Waals surface area (Å²) in [5.74, 6) is -5.32. The van der Waals surface area contributed by atoms with Crippen molar-refractivity contribution in [2.24, 2.45) is 5.73 Å². The van der Waals surface area contributed by atoms with Crippen molar-refractivity contribution in [2.45, 2.75) is 57.4 Å². The van der Waals surface area contributed by atoms with E-state index in [1.54, 1.807) is 21.9 Å². The van der Waals surface area contributed by atoms with Crippen molar-refractivity contribution < 1.29 is 58.9 Å². The van der Waals surface area contributed by atoms with Gasteiger partial charge in [-0.3, -0.25) is 59.1 Å². The maximum absolute atomic E-state index is 12.8. The maximum Gasteiger partial charge on any atom is 0.475 e. The lowest BCUT2D eigenvalue weighted by atomic mass is 9.78. The van der Waals surface area contributed by atoms with E-state index in [0.717, 1.165) is 0 Å². The van der Waals surface area contributed by atoms with Gasteiger partial charge in [0.1, 0.15) is 6.04 Å². The SMILES string of the molecule is C[C@@H](NC(=O)c1ccc(NNC(=O)CCCCCNC(=O)CN(CCNCC(=O)O)CCN(CCN(CN)CC(=O)O)CC(=O)O)cc1)C(=O)N1CCC[C@H]1B(O)O. The van der Waals surface area contributed by atoms with Crippen LogP contribution in [0.5, 0.6) is 0 Å². The summed E-state index contributed by atoms with van der Waals surface area (Å²) in [7, 11) is -1.65. The van der Waals surface area contributed by atoms with Crippen LogP contribution in [0, 0.1) is 0 Å². The van der Waals surface area contributed by atoms with E-state index in [0.29, 0.717) is 57.4 Å². The molecular weight excluding hydrogens is 763 g/mol. The second kappa shape index (κ2) is 26.9. The molecule has 1 aliphatic heterocycles. The molecule has 1 aromatic rings. The number of carboxylic acid groups (broad SMARTS) is 3. The number of nitrogens with two attached hydrogens (primary N) is 1. The number of hydrogen-bond acceptors (Lipinski definition) is 15. The topological polar surface area (TPSA) is 320 Å². The highest BCUT2D eigenvalue weighted by Crippen LogP contribution is 2.19. The van der Waals surface area contributed by atoms with Crippen LogP contribution in [-0.4, -0.2) is 191 Å². The van der Waals surface area contributed by atoms with Crippen LogP contribution < -0.4 is 32.5 Å². The average Bonchev–Trinajstić information content (AvgIpc) is 3.67. The van der Waals surface area contributed by atoms with Crippen molar-refractivity contribution >= 4 is 54.3 Å². The molecule has 1 aromatic carbocycles. The van der Waals surface area contributed by atoms with E-state index < -0.39 is 48.8 Å². The second-order valence-electron chi connectivity index (χ2n) is 13.9. The minimum Gasteiger partial charge on any atom is -0.480 e. The number of rotatable bonds is 30. The zero-order valence-corrected chi connectivity index (χ0v) is 32.9. The maximum atomic E-state index is 12.8. The number of likely N-dealkylation sites (tertiary alicyclic amines) is 1. The van der Waals surface area contributed by atoms with E-state index >= 15 is 0 Å². The molecule has 324 valence electrons. The number of aliphatic carboxylic acids is 3. The summed E-state index contributed by atoms with van der Waals surface area (Å²) in [6, 6.07) is 5.35. The number of anilines is 1. The number of benzene rings is 1. The van der Waals surface area contributed by atoms with Gasteiger partial charge in [0.15, 0.2) is 0 Å². The number of hydrogen-bond donors (Lipinski definition) is 11. The van der Waals surface area contributed by atoms with Crippen LogP contribution >= 0.6 is 0 Å². The first kappa shape index (κ1) is 49.2. The van der Waals surface area contributed by atoms with Gasteiger partial charge in [0.2, 0.25) is 17.7 Å². The molecule has 58 heavy (non-hydrogen) atoms. The van der Waals surface area contributed by atoms with Gasteiger partial charge in [0, 0.05) is 71.0 Å². The molecule has 0 aromatic heterocycles. The smallest absolute Gasteiger partial charge is 0.475 e. The van der Waals surface area contributed by atoms with Crippen LogP contribution in [0.3, 0.4) is 0 Å². The highest BCUT2D eigenvalue weighted by atomic mass is 16.4. The van der Waals surface area contributed by atoms with Gasteiger partial charge in [-0.15, -0.1) is 0 Å². The fourth-order valence-corrected chi connectivity index (χ4v) is 6.11. The third-order valence-electron chi connectivity index (χ3n) is 9.23. The van der Waals surface area contributed by atoms with E-state index in [4.69, 9.17) is 15.9 Å². The number of nitrogens with zero attached hydrogens (tertiary/aromatic N) is 4. The van der Waals surface area contributed by atoms with Crippen LogP contribution in [0.1, 0.15) is 55.8 Å². The predicted molar refractivity (Wildman–Crippen MR) is 211 cm³/mol. The lowest BCUT2D eigenvalue weighted by molar-refractivity contribution is -0.140. The van der Waals surface area contributed by atoms with Gasteiger partial charge in [0.25, 0.3) is 5.91 Å². The Bertz CT molecular complexity index is 1490. The third-order valence-corrected chi connectivity index (χ3v) is 9.23. The van der Waals surface area contributed by atoms with Crippen molar-refractivity contribution in [3.63, 3.8) is 0 Å². The van der Waals surface area contributed by atoms with Crippen molar-refractivity contribution in [3.8, 4) is 0 Å². The number of unbranched alkanes of at least 4 members (excludes halogenated alkanes) is 2. The van der Waals surface area contributed by atoms with Gasteiger partial charge in [-0.25, -0.2) is 0 Å². The zero-order valence-electron chi connectivity index (χ0n) is 32.9. The molecule has 1 fully saturated rings. The third kappa shape index (κ3) is 20.0. The molecule has 1 aliphatic rings. The van der Waals surface area contributed by atoms with Crippen molar-refractivity contribution in [2.75, 3.05) is 90.6 Å². The minimum absolute atomic E-state index is 0.0200. The quantitative estimate of drug-likeness (QED) is 0.0156. The van der Waals surface area contributed by atoms with Gasteiger partial charge >= 0.3 is 25.0 Å². The first-order chi connectivity index (χ1) is 27.6. The van der Waals surface area contributed by atoms with Crippen LogP contribution in [0.25, 0.3) is 0 Å². The number of carbonyl (C=O) groups excluding carboxylic acids is 4. The predicted octanol–water partition coefficient (Wildman–Crippen LogP) is -3.41. The van der Waals surface area contributed by atoms with E-state index in [2.05, 4.69) is 26.8 Å². The summed E-state index contributed by atoms with van der Waals surface area (Å²) < 4.78 is 0. The monoisotopic (exact) mass is 822 g/mol. The van der Waals surface area contributed by atoms with E-state index in [1.165, 1.54) is 28.9 Å². The van der Waals surface area contributed by atoms with Gasteiger partial charge in [-0.1, -0.05) is 6.42 Å². The second-order valence-corrected chi connectivity index (χ2v) is 13.9. The summed E-state index contributed by atoms with van der Waals surface area (Å²) in [5.41, 5.74) is 11.8. The highest BCUT2D eigenvalue weighted by Gasteiger charge is 2.38. The van der Waals surface area contributed by atoms with Gasteiger partial charge in [0.05, 0.1) is 37.8 Å². The molecule has 23 heteroatoms. The molecule has 0 spiro atoms. The molecule has 22 nitrogen and oxygen atoms in total. The molecule has 0 unspecified atom stereocenters. The molecule has 1 saturated heterocycles. The van der Waals surface area contributed by atoms with E-state index in [9.17, 15) is 48.7 Å². The molecule has 1 heterocycles. The van der Waals surface area contributed by atoms with Gasteiger partial charge in [-0.2, -0.15) is 0 Å². The number of carboxylic acids is 3. The molecule has 0 radical (unpaired) electrons. The zero-order chi connectivity index (χ0) is 43.0. The van der Waals surface area contributed by atoms with Crippen LogP contribution in [0.2, 0.25) is 0 Å².